The van der Waals surface area contributed by atoms with Crippen LogP contribution in [0.3, 0.4) is 0 Å². The quantitative estimate of drug-likeness (QED) is 0.511. The zero-order valence-electron chi connectivity index (χ0n) is 17.2. The molecule has 1 saturated carbocycles. The molecular formula is C24H25N5O. The van der Waals surface area contributed by atoms with E-state index in [0.717, 1.165) is 48.3 Å². The topological polar surface area (TPSA) is 56.0 Å². The third kappa shape index (κ3) is 2.66. The molecule has 1 atom stereocenters. The van der Waals surface area contributed by atoms with Gasteiger partial charge in [0.2, 0.25) is 5.95 Å². The van der Waals surface area contributed by atoms with Crippen LogP contribution in [-0.2, 0) is 6.54 Å². The second kappa shape index (κ2) is 6.69. The number of para-hydroxylation sites is 1. The average Bonchev–Trinajstić information content (AvgIpc) is 3.24. The van der Waals surface area contributed by atoms with E-state index in [-0.39, 0.29) is 11.9 Å². The Labute approximate surface area is 175 Å². The predicted octanol–water partition coefficient (Wildman–Crippen LogP) is 4.41. The molecule has 1 amide bonds. The first-order valence-electron chi connectivity index (χ1n) is 10.9. The maximum atomic E-state index is 13.6. The Balaban J connectivity index is 1.64. The van der Waals surface area contributed by atoms with Crippen molar-refractivity contribution in [3.8, 4) is 5.95 Å². The fourth-order valence-electron chi connectivity index (χ4n) is 4.91. The number of aromatic nitrogens is 4. The van der Waals surface area contributed by atoms with Crippen molar-refractivity contribution in [1.82, 2.24) is 24.0 Å². The smallest absolute Gasteiger partial charge is 0.271 e. The van der Waals surface area contributed by atoms with Crippen LogP contribution in [0.25, 0.3) is 27.9 Å². The van der Waals surface area contributed by atoms with Gasteiger partial charge in [0.25, 0.3) is 5.91 Å². The fourth-order valence-corrected chi connectivity index (χ4v) is 4.91. The lowest BCUT2D eigenvalue weighted by molar-refractivity contribution is 0.0739. The average molecular weight is 399 g/mol. The standard InChI is InChI=1S/C24H25N5O/c1-16-6-4-13-27(16)23(30)21-14-20-22(29(21)24-25-11-5-12-26-24)18-7-2-3-8-19(18)28(20)15-17-9-10-17/h2-3,5,7-8,11-12,14,16-17H,4,6,9-10,13,15H2,1H3. The molecule has 4 aromatic rings. The summed E-state index contributed by atoms with van der Waals surface area (Å²) in [6.07, 6.45) is 8.17. The zero-order valence-corrected chi connectivity index (χ0v) is 17.2. The molecule has 3 aromatic heterocycles. The summed E-state index contributed by atoms with van der Waals surface area (Å²) < 4.78 is 4.38. The van der Waals surface area contributed by atoms with Gasteiger partial charge in [-0.1, -0.05) is 18.2 Å². The van der Waals surface area contributed by atoms with E-state index in [4.69, 9.17) is 0 Å². The Kier molecular flexibility index (Phi) is 3.94. The molecule has 6 rings (SSSR count). The van der Waals surface area contributed by atoms with Crippen molar-refractivity contribution in [2.45, 2.75) is 45.2 Å². The van der Waals surface area contributed by atoms with Gasteiger partial charge in [0, 0.05) is 36.9 Å². The monoisotopic (exact) mass is 399 g/mol. The number of fused-ring (bicyclic) bond motifs is 3. The Hall–Kier alpha value is -3.15. The Bertz CT molecular complexity index is 1250. The van der Waals surface area contributed by atoms with E-state index < -0.39 is 0 Å². The van der Waals surface area contributed by atoms with Crippen LogP contribution >= 0.6 is 0 Å². The molecule has 1 aliphatic heterocycles. The number of likely N-dealkylation sites (tertiary alicyclic amines) is 1. The molecule has 4 heterocycles. The molecule has 30 heavy (non-hydrogen) atoms. The summed E-state index contributed by atoms with van der Waals surface area (Å²) in [5, 5.41) is 1.15. The fraction of sp³-hybridized carbons (Fsp3) is 0.375. The highest BCUT2D eigenvalue weighted by molar-refractivity contribution is 6.11. The van der Waals surface area contributed by atoms with E-state index in [1.54, 1.807) is 12.4 Å². The van der Waals surface area contributed by atoms with Crippen LogP contribution in [0.4, 0.5) is 0 Å². The van der Waals surface area contributed by atoms with Crippen molar-refractivity contribution in [3.63, 3.8) is 0 Å². The summed E-state index contributed by atoms with van der Waals surface area (Å²) >= 11 is 0. The van der Waals surface area contributed by atoms with Crippen molar-refractivity contribution in [1.29, 1.82) is 0 Å². The maximum absolute atomic E-state index is 13.6. The largest absolute Gasteiger partial charge is 0.339 e. The third-order valence-electron chi connectivity index (χ3n) is 6.64. The molecule has 6 nitrogen and oxygen atoms in total. The van der Waals surface area contributed by atoms with Gasteiger partial charge in [0.1, 0.15) is 5.69 Å². The summed E-state index contributed by atoms with van der Waals surface area (Å²) in [5.41, 5.74) is 4.02. The van der Waals surface area contributed by atoms with Crippen LogP contribution in [0.15, 0.2) is 48.8 Å². The number of carbonyl (C=O) groups excluding carboxylic acids is 1. The molecule has 0 spiro atoms. The van der Waals surface area contributed by atoms with Gasteiger partial charge in [-0.25, -0.2) is 9.97 Å². The Morgan fingerprint density at radius 3 is 2.60 bits per heavy atom. The van der Waals surface area contributed by atoms with Gasteiger partial charge < -0.3 is 9.47 Å². The number of benzene rings is 1. The minimum atomic E-state index is 0.0747. The van der Waals surface area contributed by atoms with E-state index in [0.29, 0.717) is 11.6 Å². The SMILES string of the molecule is CC1CCCN1C(=O)c1cc2c(c3ccccc3n2CC2CC2)n1-c1ncccn1. The lowest BCUT2D eigenvalue weighted by Gasteiger charge is -2.22. The molecule has 0 N–H and O–H groups in total. The first kappa shape index (κ1) is 17.7. The number of hydrogen-bond acceptors (Lipinski definition) is 3. The van der Waals surface area contributed by atoms with Crippen LogP contribution in [0.2, 0.25) is 0 Å². The summed E-state index contributed by atoms with van der Waals surface area (Å²) in [6, 6.07) is 12.6. The van der Waals surface area contributed by atoms with E-state index in [9.17, 15) is 4.79 Å². The number of nitrogens with zero attached hydrogens (tertiary/aromatic N) is 5. The molecule has 0 radical (unpaired) electrons. The van der Waals surface area contributed by atoms with Crippen LogP contribution in [0.1, 0.15) is 43.1 Å². The third-order valence-corrected chi connectivity index (χ3v) is 6.64. The van der Waals surface area contributed by atoms with Gasteiger partial charge in [-0.2, -0.15) is 0 Å². The minimum Gasteiger partial charge on any atom is -0.339 e. The number of amides is 1. The van der Waals surface area contributed by atoms with E-state index >= 15 is 0 Å². The molecule has 0 bridgehead atoms. The highest BCUT2D eigenvalue weighted by Crippen LogP contribution is 2.38. The molecule has 152 valence electrons. The maximum Gasteiger partial charge on any atom is 0.271 e. The lowest BCUT2D eigenvalue weighted by atomic mass is 10.2. The van der Waals surface area contributed by atoms with E-state index in [1.165, 1.54) is 18.4 Å². The van der Waals surface area contributed by atoms with Gasteiger partial charge in [0.15, 0.2) is 0 Å². The van der Waals surface area contributed by atoms with Crippen LogP contribution in [0.5, 0.6) is 0 Å². The highest BCUT2D eigenvalue weighted by atomic mass is 16.2. The summed E-state index contributed by atoms with van der Waals surface area (Å²) in [4.78, 5) is 24.7. The van der Waals surface area contributed by atoms with E-state index in [1.807, 2.05) is 15.5 Å². The van der Waals surface area contributed by atoms with Crippen molar-refractivity contribution in [2.24, 2.45) is 5.92 Å². The molecular weight excluding hydrogens is 374 g/mol. The van der Waals surface area contributed by atoms with Crippen LogP contribution in [-0.4, -0.2) is 42.5 Å². The lowest BCUT2D eigenvalue weighted by Crippen LogP contribution is -2.34. The minimum absolute atomic E-state index is 0.0747. The second-order valence-corrected chi connectivity index (χ2v) is 8.71. The summed E-state index contributed by atoms with van der Waals surface area (Å²) in [7, 11) is 0. The Morgan fingerprint density at radius 1 is 1.07 bits per heavy atom. The number of hydrogen-bond donors (Lipinski definition) is 0. The first-order valence-corrected chi connectivity index (χ1v) is 10.9. The van der Waals surface area contributed by atoms with Gasteiger partial charge >= 0.3 is 0 Å². The van der Waals surface area contributed by atoms with Crippen molar-refractivity contribution in [3.05, 3.63) is 54.5 Å². The number of carbonyl (C=O) groups is 1. The number of rotatable bonds is 4. The molecule has 1 unspecified atom stereocenters. The molecule has 6 heteroatoms. The summed E-state index contributed by atoms with van der Waals surface area (Å²) in [6.45, 7) is 3.95. The van der Waals surface area contributed by atoms with Crippen molar-refractivity contribution in [2.75, 3.05) is 6.54 Å². The molecule has 2 fully saturated rings. The Morgan fingerprint density at radius 2 is 1.87 bits per heavy atom. The predicted molar refractivity (Wildman–Crippen MR) is 117 cm³/mol. The van der Waals surface area contributed by atoms with Crippen molar-refractivity contribution < 1.29 is 4.79 Å². The van der Waals surface area contributed by atoms with Crippen molar-refractivity contribution >= 4 is 27.8 Å². The van der Waals surface area contributed by atoms with Gasteiger partial charge in [-0.3, -0.25) is 9.36 Å². The molecule has 1 aliphatic carbocycles. The van der Waals surface area contributed by atoms with Crippen LogP contribution < -0.4 is 0 Å². The first-order chi connectivity index (χ1) is 14.7. The molecule has 1 aromatic carbocycles. The molecule has 1 saturated heterocycles. The normalized spacial score (nSPS) is 19.2. The molecule has 2 aliphatic rings. The van der Waals surface area contributed by atoms with Gasteiger partial charge in [-0.15, -0.1) is 0 Å². The second-order valence-electron chi connectivity index (χ2n) is 8.71. The van der Waals surface area contributed by atoms with Crippen LogP contribution in [0, 0.1) is 5.92 Å². The highest BCUT2D eigenvalue weighted by Gasteiger charge is 2.32. The van der Waals surface area contributed by atoms with Gasteiger partial charge in [-0.05, 0) is 56.7 Å². The zero-order chi connectivity index (χ0) is 20.2. The summed E-state index contributed by atoms with van der Waals surface area (Å²) in [5.74, 6) is 1.36. The van der Waals surface area contributed by atoms with E-state index in [2.05, 4.69) is 51.8 Å². The van der Waals surface area contributed by atoms with Gasteiger partial charge in [0.05, 0.1) is 16.6 Å².